The van der Waals surface area contributed by atoms with E-state index in [4.69, 9.17) is 0 Å². The lowest BCUT2D eigenvalue weighted by molar-refractivity contribution is -0.128. The van der Waals surface area contributed by atoms with Crippen molar-refractivity contribution in [3.05, 3.63) is 48.2 Å². The summed E-state index contributed by atoms with van der Waals surface area (Å²) in [7, 11) is 3.94. The van der Waals surface area contributed by atoms with Crippen molar-refractivity contribution in [3.63, 3.8) is 0 Å². The quantitative estimate of drug-likeness (QED) is 0.639. The highest BCUT2D eigenvalue weighted by Gasteiger charge is 2.28. The van der Waals surface area contributed by atoms with Gasteiger partial charge in [-0.15, -0.1) is 6.58 Å². The van der Waals surface area contributed by atoms with E-state index in [1.165, 1.54) is 4.90 Å². The number of aliphatic imine (C=N–C) groups is 1. The van der Waals surface area contributed by atoms with Gasteiger partial charge in [-0.2, -0.15) is 0 Å². The molecule has 0 saturated carbocycles. The number of carbonyl (C=O) groups excluding carboxylic acids is 2. The second-order valence-corrected chi connectivity index (χ2v) is 5.66. The maximum Gasteiger partial charge on any atom is 0.278 e. The molecular formula is C18H22N4O2. The summed E-state index contributed by atoms with van der Waals surface area (Å²) in [5, 5.41) is 2.65. The molecule has 0 saturated heterocycles. The first-order valence-corrected chi connectivity index (χ1v) is 7.66. The van der Waals surface area contributed by atoms with Gasteiger partial charge in [-0.25, -0.2) is 4.99 Å². The number of nitrogens with one attached hydrogen (secondary N) is 1. The van der Waals surface area contributed by atoms with Crippen molar-refractivity contribution in [2.24, 2.45) is 4.99 Å². The zero-order chi connectivity index (χ0) is 17.7. The van der Waals surface area contributed by atoms with Gasteiger partial charge in [0.2, 0.25) is 5.91 Å². The van der Waals surface area contributed by atoms with Crippen LogP contribution in [0.3, 0.4) is 0 Å². The summed E-state index contributed by atoms with van der Waals surface area (Å²) in [6.45, 7) is 5.59. The zero-order valence-corrected chi connectivity index (χ0v) is 14.2. The van der Waals surface area contributed by atoms with Crippen LogP contribution in [0.15, 0.2) is 47.6 Å². The van der Waals surface area contributed by atoms with Gasteiger partial charge >= 0.3 is 0 Å². The third-order valence-electron chi connectivity index (χ3n) is 3.60. The van der Waals surface area contributed by atoms with Gasteiger partial charge in [0, 0.05) is 26.3 Å². The van der Waals surface area contributed by atoms with Crippen LogP contribution in [0.2, 0.25) is 0 Å². The van der Waals surface area contributed by atoms with Crippen LogP contribution in [0.5, 0.6) is 0 Å². The summed E-state index contributed by atoms with van der Waals surface area (Å²) in [5.74, 6) is 0.0113. The predicted molar refractivity (Wildman–Crippen MR) is 96.8 cm³/mol. The molecule has 6 nitrogen and oxygen atoms in total. The molecule has 1 aliphatic rings. The lowest BCUT2D eigenvalue weighted by Crippen LogP contribution is -2.40. The van der Waals surface area contributed by atoms with Crippen molar-refractivity contribution >= 4 is 29.4 Å². The lowest BCUT2D eigenvalue weighted by Gasteiger charge is -2.15. The Labute approximate surface area is 142 Å². The van der Waals surface area contributed by atoms with Gasteiger partial charge in [0.05, 0.1) is 0 Å². The van der Waals surface area contributed by atoms with Crippen LogP contribution < -0.4 is 10.2 Å². The number of benzene rings is 1. The molecule has 0 bridgehead atoms. The zero-order valence-electron chi connectivity index (χ0n) is 14.2. The first kappa shape index (κ1) is 17.5. The Morgan fingerprint density at radius 3 is 2.58 bits per heavy atom. The SMILES string of the molecule is C=CCNC(=O)CN1C(=O)/C(=C\c2ccc(N(C)C)cc2)N=C1C. The number of carbonyl (C=O) groups is 2. The molecule has 0 aromatic heterocycles. The van der Waals surface area contributed by atoms with Gasteiger partial charge in [-0.3, -0.25) is 14.5 Å². The van der Waals surface area contributed by atoms with Crippen LogP contribution in [-0.4, -0.2) is 49.7 Å². The van der Waals surface area contributed by atoms with Gasteiger partial charge in [0.15, 0.2) is 0 Å². The summed E-state index contributed by atoms with van der Waals surface area (Å²) in [4.78, 5) is 31.9. The van der Waals surface area contributed by atoms with Crippen molar-refractivity contribution in [1.82, 2.24) is 10.2 Å². The van der Waals surface area contributed by atoms with Gasteiger partial charge in [-0.05, 0) is 30.7 Å². The molecule has 6 heteroatoms. The fourth-order valence-electron chi connectivity index (χ4n) is 2.26. The smallest absolute Gasteiger partial charge is 0.278 e. The van der Waals surface area contributed by atoms with Crippen molar-refractivity contribution < 1.29 is 9.59 Å². The van der Waals surface area contributed by atoms with E-state index in [0.29, 0.717) is 18.1 Å². The molecule has 126 valence electrons. The molecule has 0 fully saturated rings. The highest BCUT2D eigenvalue weighted by atomic mass is 16.2. The van der Waals surface area contributed by atoms with Gasteiger partial charge < -0.3 is 10.2 Å². The monoisotopic (exact) mass is 326 g/mol. The van der Waals surface area contributed by atoms with E-state index in [-0.39, 0.29) is 18.4 Å². The minimum absolute atomic E-state index is 0.0427. The van der Waals surface area contributed by atoms with Crippen LogP contribution in [0.4, 0.5) is 5.69 Å². The summed E-state index contributed by atoms with van der Waals surface area (Å²) in [6.07, 6.45) is 3.32. The second kappa shape index (κ2) is 7.59. The van der Waals surface area contributed by atoms with E-state index < -0.39 is 0 Å². The standard InChI is InChI=1S/C18H22N4O2/c1-5-10-19-17(23)12-22-13(2)20-16(18(22)24)11-14-6-8-15(9-7-14)21(3)4/h5-9,11H,1,10,12H2,2-4H3,(H,19,23)/b16-11+. The Hall–Kier alpha value is -2.89. The van der Waals surface area contributed by atoms with Crippen LogP contribution in [-0.2, 0) is 9.59 Å². The maximum atomic E-state index is 12.4. The molecule has 0 radical (unpaired) electrons. The average Bonchev–Trinajstić information content (AvgIpc) is 2.81. The summed E-state index contributed by atoms with van der Waals surface area (Å²) < 4.78 is 0. The molecule has 0 atom stereocenters. The minimum Gasteiger partial charge on any atom is -0.378 e. The second-order valence-electron chi connectivity index (χ2n) is 5.66. The van der Waals surface area contributed by atoms with Gasteiger partial charge in [0.1, 0.15) is 18.1 Å². The summed E-state index contributed by atoms with van der Waals surface area (Å²) >= 11 is 0. The molecule has 2 rings (SSSR count). The van der Waals surface area contributed by atoms with Crippen molar-refractivity contribution in [3.8, 4) is 0 Å². The predicted octanol–water partition coefficient (Wildman–Crippen LogP) is 1.66. The molecule has 0 aliphatic carbocycles. The van der Waals surface area contributed by atoms with Crippen molar-refractivity contribution in [2.45, 2.75) is 6.92 Å². The molecule has 24 heavy (non-hydrogen) atoms. The van der Waals surface area contributed by atoms with Crippen LogP contribution >= 0.6 is 0 Å². The number of hydrogen-bond donors (Lipinski definition) is 1. The number of nitrogens with zero attached hydrogens (tertiary/aromatic N) is 3. The van der Waals surface area contributed by atoms with E-state index in [9.17, 15) is 9.59 Å². The Balaban J connectivity index is 2.11. The molecule has 1 N–H and O–H groups in total. The molecule has 1 aromatic carbocycles. The molecule has 2 amide bonds. The number of amidine groups is 1. The Bertz CT molecular complexity index is 702. The molecule has 1 aromatic rings. The molecule has 1 aliphatic heterocycles. The van der Waals surface area contributed by atoms with Gasteiger partial charge in [0.25, 0.3) is 5.91 Å². The number of hydrogen-bond acceptors (Lipinski definition) is 4. The highest BCUT2D eigenvalue weighted by molar-refractivity contribution is 6.15. The van der Waals surface area contributed by atoms with E-state index in [1.54, 1.807) is 19.1 Å². The first-order valence-electron chi connectivity index (χ1n) is 7.66. The number of anilines is 1. The third-order valence-corrected chi connectivity index (χ3v) is 3.60. The van der Waals surface area contributed by atoms with E-state index in [2.05, 4.69) is 16.9 Å². The van der Waals surface area contributed by atoms with E-state index >= 15 is 0 Å². The highest BCUT2D eigenvalue weighted by Crippen LogP contribution is 2.19. The Morgan fingerprint density at radius 2 is 2.00 bits per heavy atom. The van der Waals surface area contributed by atoms with Crippen molar-refractivity contribution in [1.29, 1.82) is 0 Å². The topological polar surface area (TPSA) is 65.0 Å². The van der Waals surface area contributed by atoms with Crippen molar-refractivity contribution in [2.75, 3.05) is 32.1 Å². The van der Waals surface area contributed by atoms with E-state index in [1.807, 2.05) is 43.3 Å². The summed E-state index contributed by atoms with van der Waals surface area (Å²) in [6, 6.07) is 7.81. The molecule has 0 unspecified atom stereocenters. The number of rotatable bonds is 6. The minimum atomic E-state index is -0.266. The van der Waals surface area contributed by atoms with E-state index in [0.717, 1.165) is 11.3 Å². The molecular weight excluding hydrogens is 304 g/mol. The molecule has 0 spiro atoms. The first-order chi connectivity index (χ1) is 11.4. The normalized spacial score (nSPS) is 15.5. The average molecular weight is 326 g/mol. The maximum absolute atomic E-state index is 12.4. The largest absolute Gasteiger partial charge is 0.378 e. The fraction of sp³-hybridized carbons (Fsp3) is 0.278. The van der Waals surface area contributed by atoms with Crippen LogP contribution in [0.1, 0.15) is 12.5 Å². The Kier molecular flexibility index (Phi) is 5.52. The third kappa shape index (κ3) is 4.10. The van der Waals surface area contributed by atoms with Gasteiger partial charge in [-0.1, -0.05) is 18.2 Å². The number of amides is 2. The lowest BCUT2D eigenvalue weighted by atomic mass is 10.1. The Morgan fingerprint density at radius 1 is 1.33 bits per heavy atom. The van der Waals surface area contributed by atoms with Crippen LogP contribution in [0.25, 0.3) is 6.08 Å². The molecule has 1 heterocycles. The van der Waals surface area contributed by atoms with Crippen LogP contribution in [0, 0.1) is 0 Å². The summed E-state index contributed by atoms with van der Waals surface area (Å²) in [5.41, 5.74) is 2.30. The fourth-order valence-corrected chi connectivity index (χ4v) is 2.26.